The zero-order valence-corrected chi connectivity index (χ0v) is 11.4. The third-order valence-corrected chi connectivity index (χ3v) is 2.64. The van der Waals surface area contributed by atoms with Crippen molar-refractivity contribution in [2.24, 2.45) is 5.73 Å². The lowest BCUT2D eigenvalue weighted by atomic mass is 10.0. The molecular formula is C11H14F3N3OS. The number of ether oxygens (including phenoxy) is 1. The largest absolute Gasteiger partial charge is 0.466 e. The number of aromatic nitrogens is 2. The van der Waals surface area contributed by atoms with Crippen molar-refractivity contribution >= 4 is 17.2 Å². The van der Waals surface area contributed by atoms with Gasteiger partial charge in [-0.1, -0.05) is 26.1 Å². The maximum atomic E-state index is 12.2. The lowest BCUT2D eigenvalue weighted by molar-refractivity contribution is -0.154. The summed E-state index contributed by atoms with van der Waals surface area (Å²) in [6.45, 7) is 2.25. The van der Waals surface area contributed by atoms with Crippen LogP contribution in [0.1, 0.15) is 30.7 Å². The minimum Gasteiger partial charge on any atom is -0.466 e. The van der Waals surface area contributed by atoms with Crippen LogP contribution in [-0.2, 0) is 12.8 Å². The number of hydrogen-bond acceptors (Lipinski definition) is 4. The predicted molar refractivity (Wildman–Crippen MR) is 68.2 cm³/mol. The van der Waals surface area contributed by atoms with Gasteiger partial charge in [-0.15, -0.1) is 5.10 Å². The first-order chi connectivity index (χ1) is 8.80. The fourth-order valence-electron chi connectivity index (χ4n) is 1.66. The van der Waals surface area contributed by atoms with Gasteiger partial charge in [-0.25, -0.2) is 0 Å². The van der Waals surface area contributed by atoms with E-state index < -0.39 is 12.8 Å². The van der Waals surface area contributed by atoms with Gasteiger partial charge in [0, 0.05) is 0 Å². The molecule has 1 rings (SSSR count). The van der Waals surface area contributed by atoms with Crippen LogP contribution in [0.5, 0.6) is 5.88 Å². The number of nitrogens with two attached hydrogens (primary N) is 1. The van der Waals surface area contributed by atoms with Gasteiger partial charge < -0.3 is 10.5 Å². The second-order valence-electron chi connectivity index (χ2n) is 3.78. The van der Waals surface area contributed by atoms with E-state index in [2.05, 4.69) is 14.9 Å². The van der Waals surface area contributed by atoms with Gasteiger partial charge in [0.2, 0.25) is 5.88 Å². The fourth-order valence-corrected chi connectivity index (χ4v) is 1.87. The zero-order chi connectivity index (χ0) is 14.6. The van der Waals surface area contributed by atoms with E-state index in [9.17, 15) is 13.2 Å². The molecule has 106 valence electrons. The molecule has 0 saturated heterocycles. The molecule has 0 atom stereocenters. The third-order valence-electron chi connectivity index (χ3n) is 2.43. The molecule has 0 unspecified atom stereocenters. The third kappa shape index (κ3) is 4.02. The van der Waals surface area contributed by atoms with Gasteiger partial charge in [0.25, 0.3) is 0 Å². The zero-order valence-electron chi connectivity index (χ0n) is 10.5. The first kappa shape index (κ1) is 15.6. The SMILES string of the molecule is CCc1nnc(OCC(F)(F)F)c(C(N)=S)c1CC. The molecule has 1 aromatic heterocycles. The summed E-state index contributed by atoms with van der Waals surface area (Å²) in [4.78, 5) is -0.0429. The monoisotopic (exact) mass is 293 g/mol. The Bertz CT molecular complexity index is 477. The minimum absolute atomic E-state index is 0.0429. The molecule has 0 aromatic carbocycles. The molecule has 0 saturated carbocycles. The van der Waals surface area contributed by atoms with Crippen molar-refractivity contribution in [2.45, 2.75) is 32.9 Å². The number of alkyl halides is 3. The summed E-state index contributed by atoms with van der Waals surface area (Å²) in [5.74, 6) is -0.265. The van der Waals surface area contributed by atoms with E-state index in [-0.39, 0.29) is 16.4 Å². The molecule has 0 amide bonds. The van der Waals surface area contributed by atoms with E-state index in [0.717, 1.165) is 0 Å². The van der Waals surface area contributed by atoms with Crippen molar-refractivity contribution in [2.75, 3.05) is 6.61 Å². The Morgan fingerprint density at radius 1 is 1.26 bits per heavy atom. The normalized spacial score (nSPS) is 11.4. The summed E-state index contributed by atoms with van der Waals surface area (Å²) >= 11 is 4.87. The Morgan fingerprint density at radius 2 is 1.89 bits per heavy atom. The number of rotatable bonds is 5. The van der Waals surface area contributed by atoms with E-state index in [1.165, 1.54) is 0 Å². The van der Waals surface area contributed by atoms with Crippen LogP contribution in [0.2, 0.25) is 0 Å². The number of hydrogen-bond donors (Lipinski definition) is 1. The average Bonchev–Trinajstić information content (AvgIpc) is 2.33. The number of halogens is 3. The predicted octanol–water partition coefficient (Wildman–Crippen LogP) is 2.18. The highest BCUT2D eigenvalue weighted by Gasteiger charge is 2.30. The molecule has 2 N–H and O–H groups in total. The van der Waals surface area contributed by atoms with Crippen molar-refractivity contribution in [3.8, 4) is 5.88 Å². The molecule has 1 heterocycles. The Kier molecular flexibility index (Phi) is 5.04. The van der Waals surface area contributed by atoms with Crippen molar-refractivity contribution in [1.82, 2.24) is 10.2 Å². The van der Waals surface area contributed by atoms with Crippen LogP contribution in [0.4, 0.5) is 13.2 Å². The quantitative estimate of drug-likeness (QED) is 0.843. The highest BCUT2D eigenvalue weighted by molar-refractivity contribution is 7.80. The van der Waals surface area contributed by atoms with Crippen LogP contribution >= 0.6 is 12.2 Å². The molecule has 0 aliphatic heterocycles. The molecule has 1 aromatic rings. The van der Waals surface area contributed by atoms with Crippen molar-refractivity contribution < 1.29 is 17.9 Å². The summed E-state index contributed by atoms with van der Waals surface area (Å²) in [5, 5.41) is 7.50. The Labute approximate surface area is 114 Å². The van der Waals surface area contributed by atoms with E-state index in [0.29, 0.717) is 24.1 Å². The van der Waals surface area contributed by atoms with Crippen LogP contribution in [-0.4, -0.2) is 28.0 Å². The van der Waals surface area contributed by atoms with Gasteiger partial charge in [-0.2, -0.15) is 18.3 Å². The second-order valence-corrected chi connectivity index (χ2v) is 4.22. The average molecular weight is 293 g/mol. The number of nitrogens with zero attached hydrogens (tertiary/aromatic N) is 2. The van der Waals surface area contributed by atoms with Gasteiger partial charge >= 0.3 is 6.18 Å². The number of thiocarbonyl (C=S) groups is 1. The minimum atomic E-state index is -4.45. The van der Waals surface area contributed by atoms with Crippen LogP contribution in [0, 0.1) is 0 Å². The summed E-state index contributed by atoms with van der Waals surface area (Å²) < 4.78 is 41.1. The summed E-state index contributed by atoms with van der Waals surface area (Å²) in [6.07, 6.45) is -3.33. The maximum absolute atomic E-state index is 12.2. The molecule has 8 heteroatoms. The molecule has 0 aliphatic carbocycles. The van der Waals surface area contributed by atoms with E-state index >= 15 is 0 Å². The van der Waals surface area contributed by atoms with Crippen molar-refractivity contribution in [1.29, 1.82) is 0 Å². The van der Waals surface area contributed by atoms with Crippen LogP contribution in [0.15, 0.2) is 0 Å². The Morgan fingerprint density at radius 3 is 2.32 bits per heavy atom. The van der Waals surface area contributed by atoms with Gasteiger partial charge in [-0.3, -0.25) is 0 Å². The lowest BCUT2D eigenvalue weighted by Gasteiger charge is -2.15. The molecular weight excluding hydrogens is 279 g/mol. The van der Waals surface area contributed by atoms with Gasteiger partial charge in [0.05, 0.1) is 11.3 Å². The van der Waals surface area contributed by atoms with E-state index in [1.54, 1.807) is 0 Å². The smallest absolute Gasteiger partial charge is 0.422 e. The maximum Gasteiger partial charge on any atom is 0.422 e. The molecule has 19 heavy (non-hydrogen) atoms. The van der Waals surface area contributed by atoms with Gasteiger partial charge in [-0.05, 0) is 18.4 Å². The fraction of sp³-hybridized carbons (Fsp3) is 0.545. The molecule has 4 nitrogen and oxygen atoms in total. The van der Waals surface area contributed by atoms with Gasteiger partial charge in [0.15, 0.2) is 6.61 Å². The van der Waals surface area contributed by atoms with Crippen molar-refractivity contribution in [3.05, 3.63) is 16.8 Å². The highest BCUT2D eigenvalue weighted by Crippen LogP contribution is 2.24. The topological polar surface area (TPSA) is 61.0 Å². The molecule has 0 fully saturated rings. The standard InChI is InChI=1S/C11H14F3N3OS/c1-3-6-7(4-2)16-17-10(8(6)9(15)19)18-5-11(12,13)14/h3-5H2,1-2H3,(H2,15,19). The Hall–Kier alpha value is -1.44. The first-order valence-electron chi connectivity index (χ1n) is 5.67. The summed E-state index contributed by atoms with van der Waals surface area (Å²) in [5.41, 5.74) is 7.14. The Balaban J connectivity index is 3.21. The van der Waals surface area contributed by atoms with Crippen LogP contribution < -0.4 is 10.5 Å². The molecule has 0 aliphatic rings. The highest BCUT2D eigenvalue weighted by atomic mass is 32.1. The van der Waals surface area contributed by atoms with Crippen molar-refractivity contribution in [3.63, 3.8) is 0 Å². The van der Waals surface area contributed by atoms with E-state index in [4.69, 9.17) is 18.0 Å². The van der Waals surface area contributed by atoms with Crippen LogP contribution in [0.25, 0.3) is 0 Å². The molecule has 0 bridgehead atoms. The van der Waals surface area contributed by atoms with Gasteiger partial charge in [0.1, 0.15) is 4.99 Å². The lowest BCUT2D eigenvalue weighted by Crippen LogP contribution is -2.23. The molecule has 0 radical (unpaired) electrons. The van der Waals surface area contributed by atoms with Crippen LogP contribution in [0.3, 0.4) is 0 Å². The first-order valence-corrected chi connectivity index (χ1v) is 6.08. The number of aryl methyl sites for hydroxylation is 1. The summed E-state index contributed by atoms with van der Waals surface area (Å²) in [6, 6.07) is 0. The van der Waals surface area contributed by atoms with E-state index in [1.807, 2.05) is 13.8 Å². The second kappa shape index (κ2) is 6.14. The summed E-state index contributed by atoms with van der Waals surface area (Å²) in [7, 11) is 0. The molecule has 0 spiro atoms.